The smallest absolute Gasteiger partial charge is 0.307 e. The minimum Gasteiger partial charge on any atom is -0.341 e. The second-order valence-electron chi connectivity index (χ2n) is 5.98. The van der Waals surface area contributed by atoms with Gasteiger partial charge in [0.05, 0.1) is 0 Å². The van der Waals surface area contributed by atoms with Crippen LogP contribution in [0.15, 0.2) is 0 Å². The second-order valence-corrected chi connectivity index (χ2v) is 7.60. The van der Waals surface area contributed by atoms with Gasteiger partial charge < -0.3 is 9.80 Å². The van der Waals surface area contributed by atoms with E-state index >= 15 is 0 Å². The number of carbonyl (C=O) groups excluding carboxylic acids is 1. The van der Waals surface area contributed by atoms with Crippen LogP contribution in [0.4, 0.5) is 3.89 Å². The Morgan fingerprint density at radius 1 is 1.44 bits per heavy atom. The minimum absolute atomic E-state index is 0.0332. The maximum absolute atomic E-state index is 12.9. The Hall–Kier alpha value is -0.690. The quantitative estimate of drug-likeness (QED) is 0.687. The maximum atomic E-state index is 12.9. The van der Waals surface area contributed by atoms with Crippen LogP contribution >= 0.6 is 0 Å². The third-order valence-electron chi connectivity index (χ3n) is 2.94. The van der Waals surface area contributed by atoms with Gasteiger partial charge in [0.2, 0.25) is 5.91 Å². The lowest BCUT2D eigenvalue weighted by Crippen LogP contribution is -2.41. The van der Waals surface area contributed by atoms with Crippen molar-refractivity contribution in [2.75, 3.05) is 33.7 Å². The van der Waals surface area contributed by atoms with Gasteiger partial charge in [0.15, 0.2) is 0 Å². The Morgan fingerprint density at radius 2 is 2.00 bits per heavy atom. The molecule has 0 aromatic heterocycles. The van der Waals surface area contributed by atoms with E-state index in [0.717, 1.165) is 6.54 Å². The molecule has 1 saturated heterocycles. The highest BCUT2D eigenvalue weighted by atomic mass is 32.3. The summed E-state index contributed by atoms with van der Waals surface area (Å²) in [5, 5.41) is -1.19. The fraction of sp³-hybridized carbons (Fsp3) is 0.909. The van der Waals surface area contributed by atoms with Gasteiger partial charge in [-0.3, -0.25) is 4.79 Å². The van der Waals surface area contributed by atoms with E-state index in [1.807, 2.05) is 32.8 Å². The lowest BCUT2D eigenvalue weighted by Gasteiger charge is -2.32. The molecular weight excluding hydrogens is 259 g/mol. The Balaban J connectivity index is 2.67. The zero-order chi connectivity index (χ0) is 14.1. The number of carbonyl (C=O) groups is 1. The first kappa shape index (κ1) is 15.4. The molecule has 0 N–H and O–H groups in total. The molecule has 0 bridgehead atoms. The zero-order valence-corrected chi connectivity index (χ0v) is 12.1. The number of halogens is 1. The molecule has 1 heterocycles. The van der Waals surface area contributed by atoms with Crippen LogP contribution < -0.4 is 0 Å². The van der Waals surface area contributed by atoms with Gasteiger partial charge in [-0.1, -0.05) is 13.8 Å². The van der Waals surface area contributed by atoms with Crippen LogP contribution in [0.5, 0.6) is 0 Å². The molecular formula is C11H21FN2O3S. The number of likely N-dealkylation sites (tertiary alicyclic amines) is 1. The Bertz CT molecular complexity index is 420. The van der Waals surface area contributed by atoms with Crippen molar-refractivity contribution < 1.29 is 17.1 Å². The lowest BCUT2D eigenvalue weighted by atomic mass is 9.92. The fourth-order valence-corrected chi connectivity index (χ4v) is 3.20. The van der Waals surface area contributed by atoms with E-state index in [4.69, 9.17) is 0 Å². The summed E-state index contributed by atoms with van der Waals surface area (Å²) in [5.74, 6) is -0.284. The van der Waals surface area contributed by atoms with Crippen LogP contribution in [0.25, 0.3) is 0 Å². The zero-order valence-electron chi connectivity index (χ0n) is 11.3. The van der Waals surface area contributed by atoms with Crippen LogP contribution in [0.2, 0.25) is 0 Å². The van der Waals surface area contributed by atoms with Gasteiger partial charge >= 0.3 is 10.2 Å². The van der Waals surface area contributed by atoms with Crippen LogP contribution in [-0.2, 0) is 15.0 Å². The van der Waals surface area contributed by atoms with Gasteiger partial charge in [-0.15, -0.1) is 3.89 Å². The van der Waals surface area contributed by atoms with Gasteiger partial charge in [-0.05, 0) is 19.5 Å². The molecule has 0 aromatic rings. The Morgan fingerprint density at radius 3 is 2.39 bits per heavy atom. The number of rotatable bonds is 5. The molecule has 106 valence electrons. The van der Waals surface area contributed by atoms with Crippen LogP contribution in [-0.4, -0.2) is 63.1 Å². The van der Waals surface area contributed by atoms with Crippen molar-refractivity contribution in [3.63, 3.8) is 0 Å². The van der Waals surface area contributed by atoms with E-state index in [0.29, 0.717) is 6.54 Å². The molecule has 0 aliphatic carbocycles. The van der Waals surface area contributed by atoms with Crippen molar-refractivity contribution in [3.05, 3.63) is 0 Å². The fourth-order valence-electron chi connectivity index (χ4n) is 2.50. The largest absolute Gasteiger partial charge is 0.341 e. The summed E-state index contributed by atoms with van der Waals surface area (Å²) in [4.78, 5) is 15.1. The van der Waals surface area contributed by atoms with Gasteiger partial charge in [0.25, 0.3) is 0 Å². The van der Waals surface area contributed by atoms with E-state index in [9.17, 15) is 17.1 Å². The first-order valence-corrected chi connectivity index (χ1v) is 7.32. The van der Waals surface area contributed by atoms with E-state index in [1.165, 1.54) is 4.90 Å². The summed E-state index contributed by atoms with van der Waals surface area (Å²) in [6.45, 7) is 5.17. The summed E-state index contributed by atoms with van der Waals surface area (Å²) in [7, 11) is -0.754. The van der Waals surface area contributed by atoms with Crippen LogP contribution in [0.3, 0.4) is 0 Å². The normalized spacial score (nSPS) is 22.0. The topological polar surface area (TPSA) is 57.7 Å². The van der Waals surface area contributed by atoms with Gasteiger partial charge in [-0.25, -0.2) is 0 Å². The highest BCUT2D eigenvalue weighted by Crippen LogP contribution is 2.25. The molecule has 1 amide bonds. The first-order valence-electron chi connectivity index (χ1n) is 5.87. The highest BCUT2D eigenvalue weighted by molar-refractivity contribution is 7.87. The Labute approximate surface area is 108 Å². The minimum atomic E-state index is -4.62. The predicted octanol–water partition coefficient (Wildman–Crippen LogP) is 0.474. The van der Waals surface area contributed by atoms with Crippen molar-refractivity contribution in [2.45, 2.75) is 25.5 Å². The number of hydrogen-bond acceptors (Lipinski definition) is 4. The standard InChI is InChI=1S/C11H21FN2O3S/c1-11(2,7-13(3)4)8-14-6-9(5-10(14)15)18(12,16)17/h9H,5-8H2,1-4H3. The van der Waals surface area contributed by atoms with E-state index < -0.39 is 15.5 Å². The van der Waals surface area contributed by atoms with Gasteiger partial charge in [-0.2, -0.15) is 8.42 Å². The number of amides is 1. The third-order valence-corrected chi connectivity index (χ3v) is 4.05. The summed E-state index contributed by atoms with van der Waals surface area (Å²) < 4.78 is 34.5. The summed E-state index contributed by atoms with van der Waals surface area (Å²) in [5.41, 5.74) is -0.159. The number of nitrogens with zero attached hydrogens (tertiary/aromatic N) is 2. The highest BCUT2D eigenvalue weighted by Gasteiger charge is 2.40. The summed E-state index contributed by atoms with van der Waals surface area (Å²) in [6.07, 6.45) is -0.239. The van der Waals surface area contributed by atoms with Crippen molar-refractivity contribution in [1.82, 2.24) is 9.80 Å². The maximum Gasteiger partial charge on any atom is 0.307 e. The van der Waals surface area contributed by atoms with Crippen LogP contribution in [0.1, 0.15) is 20.3 Å². The average molecular weight is 280 g/mol. The van der Waals surface area contributed by atoms with Crippen molar-refractivity contribution >= 4 is 16.1 Å². The van der Waals surface area contributed by atoms with Gasteiger partial charge in [0, 0.05) is 26.1 Å². The average Bonchev–Trinajstić information content (AvgIpc) is 2.43. The molecule has 1 aliphatic rings. The molecule has 0 aromatic carbocycles. The van der Waals surface area contributed by atoms with E-state index in [-0.39, 0.29) is 24.3 Å². The molecule has 1 aliphatic heterocycles. The number of hydrogen-bond donors (Lipinski definition) is 0. The summed E-state index contributed by atoms with van der Waals surface area (Å²) >= 11 is 0. The molecule has 0 radical (unpaired) electrons. The molecule has 1 fully saturated rings. The molecule has 5 nitrogen and oxygen atoms in total. The lowest BCUT2D eigenvalue weighted by molar-refractivity contribution is -0.129. The first-order chi connectivity index (χ1) is 8.01. The third kappa shape index (κ3) is 4.20. The monoisotopic (exact) mass is 280 g/mol. The van der Waals surface area contributed by atoms with Crippen molar-refractivity contribution in [2.24, 2.45) is 5.41 Å². The SMILES string of the molecule is CN(C)CC(C)(C)CN1CC(S(=O)(=O)F)CC1=O. The summed E-state index contributed by atoms with van der Waals surface area (Å²) in [6, 6.07) is 0. The molecule has 1 rings (SSSR count). The van der Waals surface area contributed by atoms with Crippen molar-refractivity contribution in [1.29, 1.82) is 0 Å². The van der Waals surface area contributed by atoms with Crippen LogP contribution in [0, 0.1) is 5.41 Å². The van der Waals surface area contributed by atoms with Crippen molar-refractivity contribution in [3.8, 4) is 0 Å². The van der Waals surface area contributed by atoms with E-state index in [2.05, 4.69) is 0 Å². The molecule has 18 heavy (non-hydrogen) atoms. The molecule has 1 atom stereocenters. The van der Waals surface area contributed by atoms with Gasteiger partial charge in [0.1, 0.15) is 5.25 Å². The molecule has 0 spiro atoms. The molecule has 1 unspecified atom stereocenters. The molecule has 0 saturated carbocycles. The second kappa shape index (κ2) is 5.13. The predicted molar refractivity (Wildman–Crippen MR) is 67.3 cm³/mol. The Kier molecular flexibility index (Phi) is 4.38. The van der Waals surface area contributed by atoms with E-state index in [1.54, 1.807) is 0 Å². The molecule has 7 heteroatoms.